The van der Waals surface area contributed by atoms with Crippen molar-refractivity contribution in [3.63, 3.8) is 0 Å². The van der Waals surface area contributed by atoms with Gasteiger partial charge in [0, 0.05) is 49.0 Å². The lowest BCUT2D eigenvalue weighted by Crippen LogP contribution is -2.46. The Morgan fingerprint density at radius 2 is 1.59 bits per heavy atom. The van der Waals surface area contributed by atoms with E-state index in [2.05, 4.69) is 43.3 Å². The molecule has 11 heteroatoms. The molecule has 54 heavy (non-hydrogen) atoms. The molecule has 276 valence electrons. The summed E-state index contributed by atoms with van der Waals surface area (Å²) in [5.74, 6) is -0.0849. The zero-order chi connectivity index (χ0) is 37.3. The first kappa shape index (κ1) is 36.6. The predicted molar refractivity (Wildman–Crippen MR) is 218 cm³/mol. The molecule has 0 unspecified atom stereocenters. The molecule has 10 nitrogen and oxygen atoms in total. The minimum absolute atomic E-state index is 0.0780. The van der Waals surface area contributed by atoms with Crippen LogP contribution in [0.3, 0.4) is 0 Å². The molecule has 0 bridgehead atoms. The van der Waals surface area contributed by atoms with Crippen LogP contribution < -0.4 is 26.1 Å². The number of benzene rings is 5. The highest BCUT2D eigenvalue weighted by molar-refractivity contribution is 7.16. The number of carbonyl (C=O) groups excluding carboxylic acids is 2. The van der Waals surface area contributed by atoms with Gasteiger partial charge in [0.25, 0.3) is 5.91 Å². The lowest BCUT2D eigenvalue weighted by Gasteiger charge is -2.32. The van der Waals surface area contributed by atoms with E-state index in [0.717, 1.165) is 88.6 Å². The van der Waals surface area contributed by atoms with Crippen molar-refractivity contribution in [1.29, 1.82) is 0 Å². The van der Waals surface area contributed by atoms with E-state index in [1.54, 1.807) is 6.07 Å². The van der Waals surface area contributed by atoms with Gasteiger partial charge in [0.2, 0.25) is 0 Å². The molecule has 0 atom stereocenters. The molecule has 2 heterocycles. The van der Waals surface area contributed by atoms with Gasteiger partial charge in [-0.05, 0) is 90.9 Å². The third-order valence-electron chi connectivity index (χ3n) is 9.84. The highest BCUT2D eigenvalue weighted by Gasteiger charge is 2.21. The summed E-state index contributed by atoms with van der Waals surface area (Å²) in [6.07, 6.45) is 3.40. The van der Waals surface area contributed by atoms with E-state index >= 15 is 0 Å². The van der Waals surface area contributed by atoms with Crippen LogP contribution >= 0.6 is 11.3 Å². The fraction of sp³-hybridized carbons (Fsp3) is 0.233. The number of urea groups is 1. The minimum Gasteiger partial charge on any atom is -0.506 e. The molecule has 1 saturated heterocycles. The van der Waals surface area contributed by atoms with Crippen molar-refractivity contribution < 1.29 is 14.7 Å². The number of hydrogen-bond donors (Lipinski definition) is 6. The Morgan fingerprint density at radius 1 is 0.815 bits per heavy atom. The molecule has 6 N–H and O–H groups in total. The molecule has 5 aromatic carbocycles. The van der Waals surface area contributed by atoms with Crippen LogP contribution in [-0.2, 0) is 19.4 Å². The number of aromatic nitrogens is 1. The molecule has 1 aliphatic heterocycles. The Kier molecular flexibility index (Phi) is 11.8. The van der Waals surface area contributed by atoms with E-state index in [4.69, 9.17) is 0 Å². The van der Waals surface area contributed by atoms with Gasteiger partial charge in [-0.1, -0.05) is 90.2 Å². The number of phenols is 1. The Hall–Kier alpha value is -5.75. The van der Waals surface area contributed by atoms with Crippen LogP contribution in [0.5, 0.6) is 5.75 Å². The average molecular weight is 741 g/mol. The van der Waals surface area contributed by atoms with Gasteiger partial charge in [0.05, 0.1) is 10.4 Å². The number of piperidine rings is 1. The van der Waals surface area contributed by atoms with E-state index in [-0.39, 0.29) is 28.6 Å². The van der Waals surface area contributed by atoms with Gasteiger partial charge in [-0.3, -0.25) is 9.59 Å². The highest BCUT2D eigenvalue weighted by Crippen LogP contribution is 2.29. The number of nitrogens with one attached hydrogen (secondary N) is 5. The van der Waals surface area contributed by atoms with E-state index in [0.29, 0.717) is 30.6 Å². The molecule has 0 aliphatic carbocycles. The van der Waals surface area contributed by atoms with Crippen molar-refractivity contribution in [1.82, 2.24) is 20.5 Å². The molecular weight excluding hydrogens is 697 g/mol. The van der Waals surface area contributed by atoms with E-state index in [1.807, 2.05) is 97.1 Å². The monoisotopic (exact) mass is 740 g/mol. The second-order valence-electron chi connectivity index (χ2n) is 13.6. The van der Waals surface area contributed by atoms with Crippen LogP contribution in [0.1, 0.15) is 39.9 Å². The summed E-state index contributed by atoms with van der Waals surface area (Å²) >= 11 is 1.11. The number of nitrogens with zero attached hydrogens (tertiary/aromatic N) is 1. The summed E-state index contributed by atoms with van der Waals surface area (Å²) in [4.78, 5) is 42.7. The molecule has 3 amide bonds. The summed E-state index contributed by atoms with van der Waals surface area (Å²) in [5.41, 5.74) is 7.87. The second-order valence-corrected chi connectivity index (χ2v) is 14.6. The number of phenolic OH excluding ortho intramolecular Hbond substituents is 1. The molecule has 1 aromatic heterocycles. The summed E-state index contributed by atoms with van der Waals surface area (Å²) in [6, 6.07) is 36.9. The summed E-state index contributed by atoms with van der Waals surface area (Å²) in [5, 5.41) is 22.7. The highest BCUT2D eigenvalue weighted by atomic mass is 32.1. The Balaban J connectivity index is 0.816. The Labute approximate surface area is 318 Å². The van der Waals surface area contributed by atoms with Gasteiger partial charge >= 0.3 is 10.9 Å². The third-order valence-corrected chi connectivity index (χ3v) is 10.8. The van der Waals surface area contributed by atoms with Gasteiger partial charge in [-0.2, -0.15) is 0 Å². The summed E-state index contributed by atoms with van der Waals surface area (Å²) < 4.78 is 0.781. The van der Waals surface area contributed by atoms with Crippen molar-refractivity contribution in [2.45, 2.75) is 38.3 Å². The third kappa shape index (κ3) is 9.42. The largest absolute Gasteiger partial charge is 0.506 e. The maximum absolute atomic E-state index is 13.1. The average Bonchev–Trinajstić information content (AvgIpc) is 3.60. The normalized spacial score (nSPS) is 13.5. The number of thiazole rings is 1. The number of carbonyl (C=O) groups is 2. The molecule has 7 rings (SSSR count). The van der Waals surface area contributed by atoms with Gasteiger partial charge in [0.1, 0.15) is 11.3 Å². The number of aromatic amines is 1. The number of likely N-dealkylation sites (tertiary alicyclic amines) is 1. The lowest BCUT2D eigenvalue weighted by molar-refractivity contribution is 0.102. The smallest absolute Gasteiger partial charge is 0.319 e. The number of aromatic hydroxyl groups is 1. The lowest BCUT2D eigenvalue weighted by atomic mass is 10.0. The number of hydrogen-bond acceptors (Lipinski definition) is 7. The predicted octanol–water partition coefficient (Wildman–Crippen LogP) is 7.38. The van der Waals surface area contributed by atoms with E-state index < -0.39 is 0 Å². The minimum atomic E-state index is -0.185. The molecular formula is C43H44N6O4S. The van der Waals surface area contributed by atoms with E-state index in [9.17, 15) is 19.5 Å². The van der Waals surface area contributed by atoms with Crippen LogP contribution in [0, 0.1) is 0 Å². The number of amides is 3. The standard InChI is InChI=1S/C43H44N6O4S/c50-38-18-15-32(40-39(38)48-43(53)54-40)19-23-44-28-30-7-6-10-33(27-30)41(51)45-34-16-13-29(14-17-34)20-24-49-25-21-35(22-26-49)46-42(52)47-37-12-5-4-11-36(37)31-8-2-1-3-9-31/h1-18,27,35,44,50H,19-26,28H2,(H,45,51)(H,48,53)(H2,46,47,52). The van der Waals surface area contributed by atoms with Gasteiger partial charge < -0.3 is 36.3 Å². The number of H-pyrrole nitrogens is 1. The zero-order valence-corrected chi connectivity index (χ0v) is 30.8. The van der Waals surface area contributed by atoms with Gasteiger partial charge in [-0.25, -0.2) is 4.79 Å². The fourth-order valence-corrected chi connectivity index (χ4v) is 7.80. The molecule has 1 fully saturated rings. The van der Waals surface area contributed by atoms with Crippen LogP contribution in [-0.4, -0.2) is 59.1 Å². The first-order valence-corrected chi connectivity index (χ1v) is 19.2. The topological polar surface area (TPSA) is 139 Å². The summed E-state index contributed by atoms with van der Waals surface area (Å²) in [6.45, 7) is 4.05. The van der Waals surface area contributed by atoms with Crippen molar-refractivity contribution in [2.75, 3.05) is 36.8 Å². The molecule has 0 saturated carbocycles. The second kappa shape index (κ2) is 17.4. The van der Waals surface area contributed by atoms with E-state index in [1.165, 1.54) is 5.56 Å². The summed E-state index contributed by atoms with van der Waals surface area (Å²) in [7, 11) is 0. The van der Waals surface area contributed by atoms with Crippen molar-refractivity contribution in [3.8, 4) is 16.9 Å². The number of anilines is 2. The van der Waals surface area contributed by atoms with Crippen LogP contribution in [0.15, 0.2) is 120 Å². The van der Waals surface area contributed by atoms with Gasteiger partial charge in [-0.15, -0.1) is 0 Å². The molecule has 0 radical (unpaired) electrons. The van der Waals surface area contributed by atoms with Crippen molar-refractivity contribution in [2.24, 2.45) is 0 Å². The molecule has 1 aliphatic rings. The van der Waals surface area contributed by atoms with Crippen LogP contribution in [0.4, 0.5) is 16.2 Å². The zero-order valence-electron chi connectivity index (χ0n) is 29.9. The molecule has 0 spiro atoms. The molecule has 6 aromatic rings. The van der Waals surface area contributed by atoms with Crippen LogP contribution in [0.2, 0.25) is 0 Å². The SMILES string of the molecule is O=C(Nc1ccccc1-c1ccccc1)NC1CCN(CCc2ccc(NC(=O)c3cccc(CNCCc4ccc(O)c5[nH]c(=O)sc45)c3)cc2)CC1. The maximum atomic E-state index is 13.1. The first-order chi connectivity index (χ1) is 26.4. The number of para-hydroxylation sites is 1. The first-order valence-electron chi connectivity index (χ1n) is 18.4. The van der Waals surface area contributed by atoms with Crippen molar-refractivity contribution >= 4 is 44.9 Å². The fourth-order valence-electron chi connectivity index (χ4n) is 6.90. The number of rotatable bonds is 13. The van der Waals surface area contributed by atoms with Gasteiger partial charge in [0.15, 0.2) is 0 Å². The Bertz CT molecular complexity index is 2260. The Morgan fingerprint density at radius 3 is 2.41 bits per heavy atom. The van der Waals surface area contributed by atoms with Crippen molar-refractivity contribution in [3.05, 3.63) is 147 Å². The number of fused-ring (bicyclic) bond motifs is 1. The quantitative estimate of drug-likeness (QED) is 0.0684. The maximum Gasteiger partial charge on any atom is 0.319 e. The van der Waals surface area contributed by atoms with Crippen LogP contribution in [0.25, 0.3) is 21.3 Å².